The number of imidazole rings is 1. The predicted octanol–water partition coefficient (Wildman–Crippen LogP) is 5.30. The van der Waals surface area contributed by atoms with E-state index in [1.54, 1.807) is 37.3 Å². The zero-order chi connectivity index (χ0) is 28.1. The van der Waals surface area contributed by atoms with Crippen LogP contribution in [0.2, 0.25) is 0 Å². The molecule has 1 aliphatic carbocycles. The van der Waals surface area contributed by atoms with Gasteiger partial charge in [0.25, 0.3) is 0 Å². The third-order valence-corrected chi connectivity index (χ3v) is 6.67. The van der Waals surface area contributed by atoms with Crippen LogP contribution in [0.1, 0.15) is 49.1 Å². The second kappa shape index (κ2) is 11.9. The number of nitrogen functional groups attached to an aromatic ring is 1. The maximum absolute atomic E-state index is 13.4. The molecular weight excluding hydrogens is 508 g/mol. The maximum atomic E-state index is 13.4. The molecule has 0 bridgehead atoms. The Labute approximate surface area is 232 Å². The monoisotopic (exact) mass is 540 g/mol. The van der Waals surface area contributed by atoms with Crippen molar-refractivity contribution in [2.24, 2.45) is 5.73 Å². The van der Waals surface area contributed by atoms with Gasteiger partial charge in [-0.25, -0.2) is 9.78 Å². The Balaban J connectivity index is 1.35. The number of amidine groups is 1. The number of carbonyl (C=O) groups excluding carboxylic acids is 2. The number of hydrogen-bond acceptors (Lipinski definition) is 7. The molecule has 5 rings (SSSR count). The molecule has 1 amide bonds. The largest absolute Gasteiger partial charge is 0.466 e. The number of rotatable bonds is 11. The number of ether oxygens (including phenoxy) is 2. The highest BCUT2D eigenvalue weighted by Gasteiger charge is 2.32. The second-order valence-corrected chi connectivity index (χ2v) is 9.59. The van der Waals surface area contributed by atoms with Crippen molar-refractivity contribution in [1.29, 1.82) is 5.41 Å². The van der Waals surface area contributed by atoms with Crippen LogP contribution in [0, 0.1) is 5.41 Å². The van der Waals surface area contributed by atoms with Gasteiger partial charge >= 0.3 is 12.1 Å². The molecule has 1 fully saturated rings. The predicted molar refractivity (Wildman–Crippen MR) is 154 cm³/mol. The number of hydrogen-bond donors (Lipinski definition) is 4. The van der Waals surface area contributed by atoms with Crippen molar-refractivity contribution in [2.75, 3.05) is 23.4 Å². The first-order chi connectivity index (χ1) is 19.4. The van der Waals surface area contributed by atoms with Crippen molar-refractivity contribution in [3.05, 3.63) is 83.7 Å². The molecular formula is C30H32N6O4. The normalized spacial score (nSPS) is 12.6. The number of nitrogens with one attached hydrogen (secondary N) is 3. The van der Waals surface area contributed by atoms with Crippen LogP contribution in [0.25, 0.3) is 11.0 Å². The Bertz CT molecular complexity index is 1510. The highest BCUT2D eigenvalue weighted by molar-refractivity contribution is 5.95. The first-order valence-electron chi connectivity index (χ1n) is 13.3. The van der Waals surface area contributed by atoms with Gasteiger partial charge in [-0.15, -0.1) is 0 Å². The van der Waals surface area contributed by atoms with E-state index in [0.717, 1.165) is 41.0 Å². The maximum Gasteiger partial charge on any atom is 0.419 e. The Morgan fingerprint density at radius 2 is 1.85 bits per heavy atom. The van der Waals surface area contributed by atoms with Gasteiger partial charge in [0.2, 0.25) is 0 Å². The lowest BCUT2D eigenvalue weighted by Crippen LogP contribution is -2.35. The average Bonchev–Trinajstić information content (AvgIpc) is 3.71. The molecule has 0 radical (unpaired) electrons. The standard InChI is InChI=1S/C30H32N6O4/c1-2-39-26(37)16-17-36(22-6-4-3-5-7-22)30(38)40-24-15-14-23-28(27(24)19-8-9-19)35-25(34-23)18-33-21-12-10-20(11-13-21)29(31)32/h3-7,10-15,19,33H,2,8-9,16-18H2,1H3,(H3,31,32)(H,34,35). The van der Waals surface area contributed by atoms with Crippen molar-refractivity contribution >= 4 is 40.3 Å². The topological polar surface area (TPSA) is 146 Å². The molecule has 0 atom stereocenters. The van der Waals surface area contributed by atoms with Gasteiger partial charge in [0.15, 0.2) is 0 Å². The number of H-pyrrole nitrogens is 1. The minimum atomic E-state index is -0.566. The summed E-state index contributed by atoms with van der Waals surface area (Å²) < 4.78 is 11.0. The summed E-state index contributed by atoms with van der Waals surface area (Å²) in [5.74, 6) is 1.14. The van der Waals surface area contributed by atoms with E-state index in [4.69, 9.17) is 25.6 Å². The molecule has 1 aliphatic rings. The van der Waals surface area contributed by atoms with E-state index >= 15 is 0 Å². The van der Waals surface area contributed by atoms with Gasteiger partial charge in [0, 0.05) is 29.0 Å². The number of nitrogens with two attached hydrogens (primary N) is 1. The van der Waals surface area contributed by atoms with Crippen LogP contribution in [0.3, 0.4) is 0 Å². The van der Waals surface area contributed by atoms with E-state index in [2.05, 4.69) is 10.3 Å². The molecule has 0 unspecified atom stereocenters. The molecule has 10 heteroatoms. The quantitative estimate of drug-likeness (QED) is 0.115. The molecule has 5 N–H and O–H groups in total. The summed E-state index contributed by atoms with van der Waals surface area (Å²) in [5.41, 5.74) is 10.3. The molecule has 40 heavy (non-hydrogen) atoms. The third kappa shape index (κ3) is 6.23. The van der Waals surface area contributed by atoms with Crippen LogP contribution in [0.4, 0.5) is 16.2 Å². The molecule has 4 aromatic rings. The molecule has 3 aromatic carbocycles. The number of nitrogens with zero attached hydrogens (tertiary/aromatic N) is 2. The minimum absolute atomic E-state index is 0.0267. The molecule has 10 nitrogen and oxygen atoms in total. The zero-order valence-corrected chi connectivity index (χ0v) is 22.3. The average molecular weight is 541 g/mol. The van der Waals surface area contributed by atoms with Gasteiger partial charge < -0.3 is 25.5 Å². The number of aromatic nitrogens is 2. The van der Waals surface area contributed by atoms with E-state index in [9.17, 15) is 9.59 Å². The Morgan fingerprint density at radius 3 is 2.52 bits per heavy atom. The van der Waals surface area contributed by atoms with Gasteiger partial charge in [-0.1, -0.05) is 18.2 Å². The third-order valence-electron chi connectivity index (χ3n) is 6.67. The van der Waals surface area contributed by atoms with E-state index in [0.29, 0.717) is 23.5 Å². The summed E-state index contributed by atoms with van der Waals surface area (Å²) in [5, 5.41) is 10.9. The lowest BCUT2D eigenvalue weighted by molar-refractivity contribution is -0.142. The number of aromatic amines is 1. The molecule has 1 heterocycles. The van der Waals surface area contributed by atoms with Crippen LogP contribution in [-0.2, 0) is 16.1 Å². The number of esters is 1. The van der Waals surface area contributed by atoms with Crippen LogP contribution in [0.5, 0.6) is 5.75 Å². The van der Waals surface area contributed by atoms with Gasteiger partial charge in [-0.3, -0.25) is 15.1 Å². The summed E-state index contributed by atoms with van der Waals surface area (Å²) in [4.78, 5) is 35.1. The van der Waals surface area contributed by atoms with Crippen molar-refractivity contribution in [2.45, 2.75) is 38.6 Å². The molecule has 0 saturated heterocycles. The van der Waals surface area contributed by atoms with E-state index in [1.165, 1.54) is 4.90 Å². The van der Waals surface area contributed by atoms with Crippen molar-refractivity contribution in [3.63, 3.8) is 0 Å². The number of amides is 1. The first-order valence-corrected chi connectivity index (χ1v) is 13.3. The Kier molecular flexibility index (Phi) is 7.95. The number of benzene rings is 3. The van der Waals surface area contributed by atoms with Gasteiger partial charge in [0.05, 0.1) is 30.6 Å². The lowest BCUT2D eigenvalue weighted by Gasteiger charge is -2.22. The molecule has 0 aliphatic heterocycles. The number of anilines is 2. The summed E-state index contributed by atoms with van der Waals surface area (Å²) in [6.45, 7) is 2.63. The summed E-state index contributed by atoms with van der Waals surface area (Å²) >= 11 is 0. The number of fused-ring (bicyclic) bond motifs is 1. The summed E-state index contributed by atoms with van der Waals surface area (Å²) in [6, 6.07) is 20.1. The van der Waals surface area contributed by atoms with Crippen molar-refractivity contribution < 1.29 is 19.1 Å². The second-order valence-electron chi connectivity index (χ2n) is 9.59. The van der Waals surface area contributed by atoms with Gasteiger partial charge in [-0.05, 0) is 74.2 Å². The molecule has 0 spiro atoms. The fourth-order valence-corrected chi connectivity index (χ4v) is 4.54. The Morgan fingerprint density at radius 1 is 1.10 bits per heavy atom. The SMILES string of the molecule is CCOC(=O)CCN(C(=O)Oc1ccc2[nH]c(CNc3ccc(C(=N)N)cc3)nc2c1C1CC1)c1ccccc1. The van der Waals surface area contributed by atoms with Crippen LogP contribution >= 0.6 is 0 Å². The summed E-state index contributed by atoms with van der Waals surface area (Å²) in [7, 11) is 0. The molecule has 206 valence electrons. The fourth-order valence-electron chi connectivity index (χ4n) is 4.54. The van der Waals surface area contributed by atoms with Crippen LogP contribution < -0.4 is 20.7 Å². The first kappa shape index (κ1) is 26.7. The molecule has 1 saturated carbocycles. The highest BCUT2D eigenvalue weighted by Crippen LogP contribution is 2.47. The zero-order valence-electron chi connectivity index (χ0n) is 22.3. The fraction of sp³-hybridized carbons (Fsp3) is 0.267. The highest BCUT2D eigenvalue weighted by atomic mass is 16.6. The number of para-hydroxylation sites is 1. The van der Waals surface area contributed by atoms with E-state index < -0.39 is 6.09 Å². The van der Waals surface area contributed by atoms with E-state index in [-0.39, 0.29) is 37.3 Å². The number of carbonyl (C=O) groups is 2. The smallest absolute Gasteiger partial charge is 0.419 e. The van der Waals surface area contributed by atoms with Crippen LogP contribution in [0.15, 0.2) is 66.7 Å². The van der Waals surface area contributed by atoms with Crippen molar-refractivity contribution in [1.82, 2.24) is 9.97 Å². The molecule has 1 aromatic heterocycles. The van der Waals surface area contributed by atoms with Gasteiger partial charge in [0.1, 0.15) is 17.4 Å². The van der Waals surface area contributed by atoms with Gasteiger partial charge in [-0.2, -0.15) is 0 Å². The van der Waals surface area contributed by atoms with E-state index in [1.807, 2.05) is 36.4 Å². The summed E-state index contributed by atoms with van der Waals surface area (Å²) in [6.07, 6.45) is 1.48. The Hall–Kier alpha value is -4.86. The van der Waals surface area contributed by atoms with Crippen molar-refractivity contribution in [3.8, 4) is 5.75 Å². The van der Waals surface area contributed by atoms with Crippen LogP contribution in [-0.4, -0.2) is 41.0 Å². The lowest BCUT2D eigenvalue weighted by atomic mass is 10.1. The minimum Gasteiger partial charge on any atom is -0.466 e.